The van der Waals surface area contributed by atoms with Gasteiger partial charge in [0.15, 0.2) is 0 Å². The number of aromatic nitrogens is 3. The minimum atomic E-state index is -0.109. The van der Waals surface area contributed by atoms with Crippen LogP contribution in [0.3, 0.4) is 0 Å². The standard InChI is InChI=1S/C19H25N5O/c25-19(22-5-1-8-24-9-7-20-13-24)18-12-16(4-6-21-18)23-17-11-14-2-3-15(17)10-14/h4,6-7,9,12-15,17H,1-3,5,8,10-11H2,(H,21,23)(H,22,25)/t14-,15+,17+/m1/s1. The topological polar surface area (TPSA) is 71.8 Å². The van der Waals surface area contributed by atoms with Gasteiger partial charge in [-0.05, 0) is 49.7 Å². The summed E-state index contributed by atoms with van der Waals surface area (Å²) >= 11 is 0. The Morgan fingerprint density at radius 3 is 3.00 bits per heavy atom. The molecule has 2 fully saturated rings. The van der Waals surface area contributed by atoms with Gasteiger partial charge in [-0.25, -0.2) is 4.98 Å². The van der Waals surface area contributed by atoms with E-state index in [9.17, 15) is 4.79 Å². The van der Waals surface area contributed by atoms with E-state index in [4.69, 9.17) is 0 Å². The normalized spacial score (nSPS) is 24.4. The van der Waals surface area contributed by atoms with Crippen LogP contribution >= 0.6 is 0 Å². The summed E-state index contributed by atoms with van der Waals surface area (Å²) in [5, 5.41) is 6.57. The summed E-state index contributed by atoms with van der Waals surface area (Å²) in [6.07, 6.45) is 13.4. The highest BCUT2D eigenvalue weighted by Gasteiger charge is 2.39. The van der Waals surface area contributed by atoms with Crippen molar-refractivity contribution in [3.05, 3.63) is 42.7 Å². The first-order valence-corrected chi connectivity index (χ1v) is 9.24. The monoisotopic (exact) mass is 339 g/mol. The maximum atomic E-state index is 12.3. The van der Waals surface area contributed by atoms with E-state index in [1.807, 2.05) is 22.9 Å². The summed E-state index contributed by atoms with van der Waals surface area (Å²) in [6.45, 7) is 1.47. The number of aryl methyl sites for hydroxylation is 1. The molecule has 0 aromatic carbocycles. The lowest BCUT2D eigenvalue weighted by molar-refractivity contribution is 0.0948. The number of nitrogens with one attached hydrogen (secondary N) is 2. The van der Waals surface area contributed by atoms with E-state index in [0.29, 0.717) is 18.3 Å². The van der Waals surface area contributed by atoms with E-state index < -0.39 is 0 Å². The molecule has 2 aliphatic carbocycles. The van der Waals surface area contributed by atoms with Gasteiger partial charge in [-0.15, -0.1) is 0 Å². The summed E-state index contributed by atoms with van der Waals surface area (Å²) in [5.41, 5.74) is 1.49. The number of hydrogen-bond donors (Lipinski definition) is 2. The van der Waals surface area contributed by atoms with Crippen LogP contribution in [-0.4, -0.2) is 33.0 Å². The Hall–Kier alpha value is -2.37. The second-order valence-electron chi connectivity index (χ2n) is 7.27. The van der Waals surface area contributed by atoms with Gasteiger partial charge in [0, 0.05) is 43.4 Å². The number of fused-ring (bicyclic) bond motifs is 2. The van der Waals surface area contributed by atoms with Gasteiger partial charge in [-0.1, -0.05) is 6.42 Å². The van der Waals surface area contributed by atoms with Gasteiger partial charge in [0.1, 0.15) is 5.69 Å². The van der Waals surface area contributed by atoms with Crippen LogP contribution in [0.1, 0.15) is 42.6 Å². The van der Waals surface area contributed by atoms with Crippen LogP contribution in [0.2, 0.25) is 0 Å². The zero-order valence-electron chi connectivity index (χ0n) is 14.4. The molecule has 3 atom stereocenters. The van der Waals surface area contributed by atoms with E-state index in [0.717, 1.165) is 30.5 Å². The molecule has 6 heteroatoms. The number of carbonyl (C=O) groups excluding carboxylic acids is 1. The third-order valence-electron chi connectivity index (χ3n) is 5.52. The predicted octanol–water partition coefficient (Wildman–Crippen LogP) is 2.70. The van der Waals surface area contributed by atoms with Crippen molar-refractivity contribution in [3.63, 3.8) is 0 Å². The van der Waals surface area contributed by atoms with Crippen molar-refractivity contribution < 1.29 is 4.79 Å². The predicted molar refractivity (Wildman–Crippen MR) is 96.3 cm³/mol. The van der Waals surface area contributed by atoms with Gasteiger partial charge in [-0.3, -0.25) is 9.78 Å². The van der Waals surface area contributed by atoms with Gasteiger partial charge in [0.2, 0.25) is 0 Å². The van der Waals surface area contributed by atoms with Crippen molar-refractivity contribution in [1.82, 2.24) is 19.9 Å². The molecular weight excluding hydrogens is 314 g/mol. The maximum Gasteiger partial charge on any atom is 0.269 e. The number of hydrogen-bond acceptors (Lipinski definition) is 4. The lowest BCUT2D eigenvalue weighted by atomic mass is 9.95. The molecule has 132 valence electrons. The molecule has 0 radical (unpaired) electrons. The summed E-state index contributed by atoms with van der Waals surface area (Å²) in [5.74, 6) is 1.60. The first-order valence-electron chi connectivity index (χ1n) is 9.24. The lowest BCUT2D eigenvalue weighted by Gasteiger charge is -2.24. The molecule has 0 aliphatic heterocycles. The molecule has 0 saturated heterocycles. The number of nitrogens with zero attached hydrogens (tertiary/aromatic N) is 3. The van der Waals surface area contributed by atoms with E-state index in [-0.39, 0.29) is 5.91 Å². The van der Waals surface area contributed by atoms with Crippen LogP contribution in [0.4, 0.5) is 5.69 Å². The Morgan fingerprint density at radius 1 is 1.28 bits per heavy atom. The molecule has 2 aromatic heterocycles. The molecule has 0 spiro atoms. The quantitative estimate of drug-likeness (QED) is 0.761. The van der Waals surface area contributed by atoms with E-state index >= 15 is 0 Å². The van der Waals surface area contributed by atoms with E-state index in [1.165, 1.54) is 25.7 Å². The number of amides is 1. The highest BCUT2D eigenvalue weighted by molar-refractivity contribution is 5.93. The first kappa shape index (κ1) is 16.1. The third-order valence-corrected chi connectivity index (χ3v) is 5.52. The molecule has 2 N–H and O–H groups in total. The van der Waals surface area contributed by atoms with Crippen molar-refractivity contribution in [2.45, 2.75) is 44.7 Å². The molecule has 6 nitrogen and oxygen atoms in total. The number of pyridine rings is 1. The van der Waals surface area contributed by atoms with E-state index in [2.05, 4.69) is 20.6 Å². The van der Waals surface area contributed by atoms with Crippen molar-refractivity contribution in [2.24, 2.45) is 11.8 Å². The average Bonchev–Trinajstić information content (AvgIpc) is 3.37. The fourth-order valence-electron chi connectivity index (χ4n) is 4.25. The summed E-state index contributed by atoms with van der Waals surface area (Å²) < 4.78 is 2.00. The van der Waals surface area contributed by atoms with Crippen molar-refractivity contribution in [2.75, 3.05) is 11.9 Å². The fourth-order valence-corrected chi connectivity index (χ4v) is 4.25. The average molecular weight is 339 g/mol. The number of anilines is 1. The summed E-state index contributed by atoms with van der Waals surface area (Å²) in [4.78, 5) is 20.5. The smallest absolute Gasteiger partial charge is 0.269 e. The summed E-state index contributed by atoms with van der Waals surface area (Å²) in [7, 11) is 0. The number of carbonyl (C=O) groups is 1. The first-order chi connectivity index (χ1) is 12.3. The third kappa shape index (κ3) is 3.83. The molecule has 2 aromatic rings. The Labute approximate surface area is 148 Å². The number of imidazole rings is 1. The van der Waals surface area contributed by atoms with Gasteiger partial charge < -0.3 is 15.2 Å². The number of rotatable bonds is 7. The van der Waals surface area contributed by atoms with E-state index in [1.54, 1.807) is 18.7 Å². The minimum absolute atomic E-state index is 0.109. The van der Waals surface area contributed by atoms with Gasteiger partial charge in [-0.2, -0.15) is 0 Å². The molecule has 2 bridgehead atoms. The maximum absolute atomic E-state index is 12.3. The Balaban J connectivity index is 1.27. The van der Waals surface area contributed by atoms with Crippen LogP contribution < -0.4 is 10.6 Å². The molecule has 2 saturated carbocycles. The zero-order chi connectivity index (χ0) is 17.1. The molecular formula is C19H25N5O. The second kappa shape index (κ2) is 7.25. The van der Waals surface area contributed by atoms with Crippen molar-refractivity contribution in [1.29, 1.82) is 0 Å². The zero-order valence-corrected chi connectivity index (χ0v) is 14.4. The lowest BCUT2D eigenvalue weighted by Crippen LogP contribution is -2.27. The second-order valence-corrected chi connectivity index (χ2v) is 7.27. The van der Waals surface area contributed by atoms with Gasteiger partial charge >= 0.3 is 0 Å². The van der Waals surface area contributed by atoms with Crippen molar-refractivity contribution >= 4 is 11.6 Å². The SMILES string of the molecule is O=C(NCCCn1ccnc1)c1cc(N[C@H]2C[C@@H]3CC[C@H]2C3)ccn1. The minimum Gasteiger partial charge on any atom is -0.382 e. The molecule has 0 unspecified atom stereocenters. The highest BCUT2D eigenvalue weighted by atomic mass is 16.1. The largest absolute Gasteiger partial charge is 0.382 e. The molecule has 2 aliphatic rings. The van der Waals surface area contributed by atoms with Crippen LogP contribution in [0.5, 0.6) is 0 Å². The van der Waals surface area contributed by atoms with Gasteiger partial charge in [0.05, 0.1) is 6.33 Å². The van der Waals surface area contributed by atoms with Crippen LogP contribution in [0.15, 0.2) is 37.1 Å². The Morgan fingerprint density at radius 2 is 2.24 bits per heavy atom. The van der Waals surface area contributed by atoms with Crippen LogP contribution in [-0.2, 0) is 6.54 Å². The molecule has 25 heavy (non-hydrogen) atoms. The molecule has 1 amide bonds. The van der Waals surface area contributed by atoms with Crippen LogP contribution in [0, 0.1) is 11.8 Å². The summed E-state index contributed by atoms with van der Waals surface area (Å²) in [6, 6.07) is 4.39. The molecule has 4 rings (SSSR count). The highest BCUT2D eigenvalue weighted by Crippen LogP contribution is 2.45. The fraction of sp³-hybridized carbons (Fsp3) is 0.526. The molecule has 2 heterocycles. The Kier molecular flexibility index (Phi) is 4.68. The van der Waals surface area contributed by atoms with Gasteiger partial charge in [0.25, 0.3) is 5.91 Å². The Bertz CT molecular complexity index is 714. The van der Waals surface area contributed by atoms with Crippen LogP contribution in [0.25, 0.3) is 0 Å². The van der Waals surface area contributed by atoms with Crippen molar-refractivity contribution in [3.8, 4) is 0 Å².